The predicted molar refractivity (Wildman–Crippen MR) is 108 cm³/mol. The third-order valence-electron chi connectivity index (χ3n) is 4.74. The number of carbonyl (C=O) groups is 1. The number of hydrogen-bond donors (Lipinski definition) is 0. The number of aryl methyl sites for hydroxylation is 2. The van der Waals surface area contributed by atoms with Crippen molar-refractivity contribution < 1.29 is 17.9 Å². The number of piperazine rings is 1. The summed E-state index contributed by atoms with van der Waals surface area (Å²) in [6.07, 6.45) is 0. The number of nitrogens with zero attached hydrogens (tertiary/aromatic N) is 2. The maximum atomic E-state index is 12.7. The summed E-state index contributed by atoms with van der Waals surface area (Å²) in [6.45, 7) is 4.89. The molecule has 0 atom stereocenters. The zero-order valence-electron chi connectivity index (χ0n) is 15.9. The van der Waals surface area contributed by atoms with Gasteiger partial charge >= 0.3 is 0 Å². The number of ether oxygens (including phenoxy) is 1. The van der Waals surface area contributed by atoms with Gasteiger partial charge in [-0.2, -0.15) is 4.31 Å². The highest BCUT2D eigenvalue weighted by atomic mass is 35.5. The zero-order valence-corrected chi connectivity index (χ0v) is 17.5. The van der Waals surface area contributed by atoms with Crippen molar-refractivity contribution in [2.24, 2.45) is 0 Å². The average Bonchev–Trinajstić information content (AvgIpc) is 2.70. The highest BCUT2D eigenvalue weighted by molar-refractivity contribution is 7.89. The fourth-order valence-corrected chi connectivity index (χ4v) is 4.70. The molecule has 0 aliphatic carbocycles. The van der Waals surface area contributed by atoms with Crippen LogP contribution < -0.4 is 4.74 Å². The smallest absolute Gasteiger partial charge is 0.260 e. The second-order valence-electron chi connectivity index (χ2n) is 6.76. The Morgan fingerprint density at radius 3 is 2.18 bits per heavy atom. The summed E-state index contributed by atoms with van der Waals surface area (Å²) < 4.78 is 32.3. The van der Waals surface area contributed by atoms with Crippen molar-refractivity contribution in [1.82, 2.24) is 9.21 Å². The quantitative estimate of drug-likeness (QED) is 0.743. The Morgan fingerprint density at radius 2 is 1.61 bits per heavy atom. The number of hydrogen-bond acceptors (Lipinski definition) is 4. The first-order valence-electron chi connectivity index (χ1n) is 9.01. The average molecular weight is 423 g/mol. The summed E-state index contributed by atoms with van der Waals surface area (Å²) in [7, 11) is -3.53. The van der Waals surface area contributed by atoms with Crippen LogP contribution in [-0.4, -0.2) is 56.3 Å². The number of amides is 1. The van der Waals surface area contributed by atoms with Gasteiger partial charge in [0.15, 0.2) is 6.61 Å². The maximum Gasteiger partial charge on any atom is 0.260 e. The Morgan fingerprint density at radius 1 is 1.04 bits per heavy atom. The molecular weight excluding hydrogens is 400 g/mol. The standard InChI is InChI=1S/C20H23ClN2O4S/c1-15-12-17(13-16(2)20(15)21)27-14-19(24)22-8-10-23(11-9-22)28(25,26)18-6-4-3-5-7-18/h3-7,12-13H,8-11,14H2,1-2H3. The highest BCUT2D eigenvalue weighted by Gasteiger charge is 2.30. The molecule has 1 heterocycles. The lowest BCUT2D eigenvalue weighted by Gasteiger charge is -2.34. The number of rotatable bonds is 5. The van der Waals surface area contributed by atoms with E-state index < -0.39 is 10.0 Å². The maximum absolute atomic E-state index is 12.7. The molecule has 0 N–H and O–H groups in total. The lowest BCUT2D eigenvalue weighted by atomic mass is 10.1. The molecule has 0 radical (unpaired) electrons. The van der Waals surface area contributed by atoms with Crippen LogP contribution >= 0.6 is 11.6 Å². The molecule has 0 saturated carbocycles. The fourth-order valence-electron chi connectivity index (χ4n) is 3.15. The van der Waals surface area contributed by atoms with Crippen LogP contribution in [0.1, 0.15) is 11.1 Å². The molecule has 8 heteroatoms. The third-order valence-corrected chi connectivity index (χ3v) is 7.25. The zero-order chi connectivity index (χ0) is 20.3. The summed E-state index contributed by atoms with van der Waals surface area (Å²) in [5.41, 5.74) is 1.78. The minimum Gasteiger partial charge on any atom is -0.484 e. The Labute approximate surface area is 170 Å². The Hall–Kier alpha value is -2.09. The van der Waals surface area contributed by atoms with Crippen molar-refractivity contribution in [2.75, 3.05) is 32.8 Å². The van der Waals surface area contributed by atoms with E-state index in [9.17, 15) is 13.2 Å². The lowest BCUT2D eigenvalue weighted by molar-refractivity contribution is -0.134. The van der Waals surface area contributed by atoms with Gasteiger partial charge in [0.1, 0.15) is 5.75 Å². The van der Waals surface area contributed by atoms with Gasteiger partial charge in [-0.25, -0.2) is 8.42 Å². The molecule has 0 aromatic heterocycles. The fraction of sp³-hybridized carbons (Fsp3) is 0.350. The summed E-state index contributed by atoms with van der Waals surface area (Å²) in [5.74, 6) is 0.431. The van der Waals surface area contributed by atoms with Crippen LogP contribution in [0.25, 0.3) is 0 Å². The van der Waals surface area contributed by atoms with Crippen LogP contribution in [0.4, 0.5) is 0 Å². The van der Waals surface area contributed by atoms with Gasteiger partial charge in [-0.3, -0.25) is 4.79 Å². The molecule has 1 fully saturated rings. The summed E-state index contributed by atoms with van der Waals surface area (Å²) in [5, 5.41) is 0.689. The molecule has 1 aliphatic heterocycles. The number of carbonyl (C=O) groups excluding carboxylic acids is 1. The first-order valence-corrected chi connectivity index (χ1v) is 10.8. The van der Waals surface area contributed by atoms with Gasteiger partial charge in [0.25, 0.3) is 5.91 Å². The molecule has 0 spiro atoms. The third kappa shape index (κ3) is 4.48. The first-order chi connectivity index (χ1) is 13.3. The second kappa shape index (κ2) is 8.51. The molecule has 6 nitrogen and oxygen atoms in total. The number of sulfonamides is 1. The van der Waals surface area contributed by atoms with Crippen LogP contribution in [0, 0.1) is 13.8 Å². The van der Waals surface area contributed by atoms with Crippen molar-refractivity contribution in [1.29, 1.82) is 0 Å². The van der Waals surface area contributed by atoms with Gasteiger partial charge in [-0.05, 0) is 49.2 Å². The van der Waals surface area contributed by atoms with Gasteiger partial charge in [-0.15, -0.1) is 0 Å². The van der Waals surface area contributed by atoms with E-state index in [1.807, 2.05) is 13.8 Å². The van der Waals surface area contributed by atoms with Crippen molar-refractivity contribution in [2.45, 2.75) is 18.7 Å². The first kappa shape index (κ1) is 20.6. The molecule has 1 amide bonds. The minimum atomic E-state index is -3.53. The van der Waals surface area contributed by atoms with E-state index in [1.165, 1.54) is 4.31 Å². The van der Waals surface area contributed by atoms with Gasteiger partial charge in [0, 0.05) is 31.2 Å². The van der Waals surface area contributed by atoms with Crippen molar-refractivity contribution in [3.8, 4) is 5.75 Å². The molecule has 0 bridgehead atoms. The molecule has 1 aliphatic rings. The predicted octanol–water partition coefficient (Wildman–Crippen LogP) is 2.87. The second-order valence-corrected chi connectivity index (χ2v) is 9.07. The van der Waals surface area contributed by atoms with E-state index in [0.717, 1.165) is 11.1 Å². The van der Waals surface area contributed by atoms with Crippen LogP contribution in [0.2, 0.25) is 5.02 Å². The van der Waals surface area contributed by atoms with E-state index in [1.54, 1.807) is 47.4 Å². The molecule has 1 saturated heterocycles. The summed E-state index contributed by atoms with van der Waals surface area (Å²) in [4.78, 5) is 14.3. The van der Waals surface area contributed by atoms with E-state index in [4.69, 9.17) is 16.3 Å². The molecule has 0 unspecified atom stereocenters. The van der Waals surface area contributed by atoms with E-state index in [2.05, 4.69) is 0 Å². The Balaban J connectivity index is 1.55. The van der Waals surface area contributed by atoms with Crippen LogP contribution in [0.3, 0.4) is 0 Å². The highest BCUT2D eigenvalue weighted by Crippen LogP contribution is 2.26. The monoisotopic (exact) mass is 422 g/mol. The molecule has 150 valence electrons. The Kier molecular flexibility index (Phi) is 6.27. The molecule has 2 aromatic rings. The van der Waals surface area contributed by atoms with E-state index in [0.29, 0.717) is 23.9 Å². The molecule has 2 aromatic carbocycles. The van der Waals surface area contributed by atoms with Gasteiger partial charge in [-0.1, -0.05) is 29.8 Å². The van der Waals surface area contributed by atoms with Crippen LogP contribution in [0.5, 0.6) is 5.75 Å². The number of benzene rings is 2. The Bertz CT molecular complexity index is 932. The van der Waals surface area contributed by atoms with Gasteiger partial charge in [0.2, 0.25) is 10.0 Å². The van der Waals surface area contributed by atoms with Gasteiger partial charge in [0.05, 0.1) is 4.90 Å². The minimum absolute atomic E-state index is 0.0913. The van der Waals surface area contributed by atoms with Gasteiger partial charge < -0.3 is 9.64 Å². The summed E-state index contributed by atoms with van der Waals surface area (Å²) >= 11 is 6.14. The lowest BCUT2D eigenvalue weighted by Crippen LogP contribution is -2.51. The topological polar surface area (TPSA) is 66.9 Å². The molecular formula is C20H23ClN2O4S. The molecule has 3 rings (SSSR count). The SMILES string of the molecule is Cc1cc(OCC(=O)N2CCN(S(=O)(=O)c3ccccc3)CC2)cc(C)c1Cl. The largest absolute Gasteiger partial charge is 0.484 e. The van der Waals surface area contributed by atoms with Crippen molar-refractivity contribution in [3.05, 3.63) is 58.6 Å². The molecule has 28 heavy (non-hydrogen) atoms. The van der Waals surface area contributed by atoms with E-state index >= 15 is 0 Å². The van der Waals surface area contributed by atoms with Crippen LogP contribution in [-0.2, 0) is 14.8 Å². The van der Waals surface area contributed by atoms with E-state index in [-0.39, 0.29) is 30.5 Å². The normalized spacial score (nSPS) is 15.5. The summed E-state index contributed by atoms with van der Waals surface area (Å²) in [6, 6.07) is 11.9. The van der Waals surface area contributed by atoms with Crippen LogP contribution in [0.15, 0.2) is 47.4 Å². The van der Waals surface area contributed by atoms with Crippen molar-refractivity contribution >= 4 is 27.5 Å². The van der Waals surface area contributed by atoms with Crippen molar-refractivity contribution in [3.63, 3.8) is 0 Å². The number of halogens is 1.